The number of alkyl halides is 6. The summed E-state index contributed by atoms with van der Waals surface area (Å²) in [6.07, 6.45) is -20.1. The predicted octanol–water partition coefficient (Wildman–Crippen LogP) is 1.85. The predicted molar refractivity (Wildman–Crippen MR) is 109 cm³/mol. The number of ether oxygens (including phenoxy) is 4. The third-order valence-corrected chi connectivity index (χ3v) is 5.22. The first kappa shape index (κ1) is 28.0. The number of halogens is 6. The van der Waals surface area contributed by atoms with E-state index in [0.717, 1.165) is 21.0 Å². The van der Waals surface area contributed by atoms with Gasteiger partial charge in [-0.3, -0.25) is 14.2 Å². The van der Waals surface area contributed by atoms with Crippen LogP contribution in [0.1, 0.15) is 32.9 Å². The Hall–Kier alpha value is -3.57. The number of nitrogen functional groups attached to an aromatic ring is 1. The lowest BCUT2D eigenvalue weighted by molar-refractivity contribution is -0.248. The van der Waals surface area contributed by atoms with Crippen LogP contribution in [0.3, 0.4) is 0 Å². The Balaban J connectivity index is 2.20. The maximum atomic E-state index is 13.7. The third kappa shape index (κ3) is 6.05. The second kappa shape index (κ2) is 10.1. The molecule has 3 heterocycles. The number of rotatable bonds is 7. The van der Waals surface area contributed by atoms with E-state index >= 15 is 0 Å². The lowest BCUT2D eigenvalue weighted by atomic mass is 10.1. The number of anilines is 1. The lowest BCUT2D eigenvalue weighted by Gasteiger charge is -2.25. The molecule has 1 fully saturated rings. The maximum Gasteiger partial charge on any atom is 0.428 e. The van der Waals surface area contributed by atoms with E-state index < -0.39 is 91.4 Å². The van der Waals surface area contributed by atoms with Crippen LogP contribution in [0.2, 0.25) is 0 Å². The minimum Gasteiger partial charge on any atom is -0.479 e. The number of nitrogens with two attached hydrogens (primary N) is 1. The van der Waals surface area contributed by atoms with E-state index in [2.05, 4.69) is 14.7 Å². The molecule has 0 radical (unpaired) electrons. The van der Waals surface area contributed by atoms with Crippen LogP contribution in [-0.2, 0) is 30.3 Å². The summed E-state index contributed by atoms with van der Waals surface area (Å²) in [5.74, 6) is -3.13. The largest absolute Gasteiger partial charge is 0.479 e. The van der Waals surface area contributed by atoms with Crippen LogP contribution in [0, 0.1) is 0 Å². The van der Waals surface area contributed by atoms with Crippen LogP contribution >= 0.6 is 0 Å². The molecule has 3 rings (SSSR count). The SMILES string of the molecule is COc1nc(N)nc2c1n(CCC(F)(F)F)c(=O)n2[C@@H]1O[C@H]([C@@H](OC(C)=O)C(F)(F)F)C[C@H]1OC(C)=O. The number of aryl methyl sites for hydroxylation is 1. The molecule has 2 N–H and O–H groups in total. The zero-order valence-electron chi connectivity index (χ0n) is 19.4. The molecule has 37 heavy (non-hydrogen) atoms. The maximum absolute atomic E-state index is 13.7. The topological polar surface area (TPSA) is 150 Å². The zero-order chi connectivity index (χ0) is 27.9. The highest BCUT2D eigenvalue weighted by atomic mass is 19.4. The van der Waals surface area contributed by atoms with Gasteiger partial charge in [0.2, 0.25) is 17.9 Å². The van der Waals surface area contributed by atoms with Crippen molar-refractivity contribution in [3.05, 3.63) is 10.5 Å². The molecule has 0 unspecified atom stereocenters. The van der Waals surface area contributed by atoms with Gasteiger partial charge >= 0.3 is 30.0 Å². The highest BCUT2D eigenvalue weighted by molar-refractivity contribution is 5.78. The standard InChI is InChI=1S/C19H21F6N5O7/c1-7(31)35-10-6-9(12(19(23,24)25)36-8(2)32)37-15(10)30-13-11(14(34-3)28-16(26)27-13)29(17(30)33)5-4-18(20,21)22/h9-10,12,15H,4-6H2,1-3H3,(H2,26,27,28)/t9-,10+,12+,15+/m0/s1. The van der Waals surface area contributed by atoms with Crippen molar-refractivity contribution in [1.29, 1.82) is 0 Å². The van der Waals surface area contributed by atoms with Crippen molar-refractivity contribution in [1.82, 2.24) is 19.1 Å². The molecule has 1 aliphatic rings. The molecule has 0 saturated carbocycles. The van der Waals surface area contributed by atoms with Crippen molar-refractivity contribution in [3.8, 4) is 5.88 Å². The first-order chi connectivity index (χ1) is 17.0. The van der Waals surface area contributed by atoms with E-state index in [1.807, 2.05) is 0 Å². The van der Waals surface area contributed by atoms with Gasteiger partial charge in [-0.15, -0.1) is 0 Å². The highest BCUT2D eigenvalue weighted by Gasteiger charge is 2.54. The van der Waals surface area contributed by atoms with Crippen molar-refractivity contribution in [3.63, 3.8) is 0 Å². The van der Waals surface area contributed by atoms with E-state index in [1.165, 1.54) is 0 Å². The molecule has 206 valence electrons. The zero-order valence-corrected chi connectivity index (χ0v) is 19.4. The molecule has 12 nitrogen and oxygen atoms in total. The van der Waals surface area contributed by atoms with E-state index in [4.69, 9.17) is 19.9 Å². The summed E-state index contributed by atoms with van der Waals surface area (Å²) < 4.78 is 101. The Bertz CT molecular complexity index is 1240. The van der Waals surface area contributed by atoms with Crippen LogP contribution in [0.5, 0.6) is 5.88 Å². The Morgan fingerprint density at radius 1 is 1.16 bits per heavy atom. The Morgan fingerprint density at radius 3 is 2.32 bits per heavy atom. The monoisotopic (exact) mass is 545 g/mol. The van der Waals surface area contributed by atoms with Crippen LogP contribution in [-0.4, -0.2) is 68.8 Å². The van der Waals surface area contributed by atoms with Crippen molar-refractivity contribution in [2.45, 2.75) is 70.1 Å². The first-order valence-corrected chi connectivity index (χ1v) is 10.5. The van der Waals surface area contributed by atoms with Gasteiger partial charge in [0, 0.05) is 26.8 Å². The summed E-state index contributed by atoms with van der Waals surface area (Å²) in [5.41, 5.74) is 3.62. The van der Waals surface area contributed by atoms with Gasteiger partial charge in [-0.25, -0.2) is 9.36 Å². The number of imidazole rings is 1. The first-order valence-electron chi connectivity index (χ1n) is 10.5. The number of aromatic nitrogens is 4. The van der Waals surface area contributed by atoms with Gasteiger partial charge in [-0.05, 0) is 0 Å². The van der Waals surface area contributed by atoms with Gasteiger partial charge < -0.3 is 24.7 Å². The second-order valence-corrected chi connectivity index (χ2v) is 7.95. The summed E-state index contributed by atoms with van der Waals surface area (Å²) in [7, 11) is 1.09. The molecule has 0 bridgehead atoms. The Labute approximate surface area is 203 Å². The number of methoxy groups -OCH3 is 1. The fraction of sp³-hybridized carbons (Fsp3) is 0.632. The summed E-state index contributed by atoms with van der Waals surface area (Å²) in [4.78, 5) is 43.9. The van der Waals surface area contributed by atoms with Gasteiger partial charge in [-0.1, -0.05) is 0 Å². The molecule has 0 aliphatic carbocycles. The Kier molecular flexibility index (Phi) is 7.62. The van der Waals surface area contributed by atoms with E-state index in [9.17, 15) is 40.7 Å². The van der Waals surface area contributed by atoms with Crippen molar-refractivity contribution >= 4 is 29.1 Å². The molecular weight excluding hydrogens is 524 g/mol. The number of hydrogen-bond acceptors (Lipinski definition) is 10. The fourth-order valence-electron chi connectivity index (χ4n) is 3.92. The molecular formula is C19H21F6N5O7. The van der Waals surface area contributed by atoms with Gasteiger partial charge in [-0.2, -0.15) is 36.3 Å². The summed E-state index contributed by atoms with van der Waals surface area (Å²) in [6.45, 7) is 0.734. The van der Waals surface area contributed by atoms with Gasteiger partial charge in [0.15, 0.2) is 17.4 Å². The molecule has 4 atom stereocenters. The fourth-order valence-corrected chi connectivity index (χ4v) is 3.92. The van der Waals surface area contributed by atoms with Crippen LogP contribution in [0.25, 0.3) is 11.2 Å². The normalized spacial score (nSPS) is 21.2. The van der Waals surface area contributed by atoms with Crippen LogP contribution in [0.15, 0.2) is 4.79 Å². The number of nitrogens with zero attached hydrogens (tertiary/aromatic N) is 4. The number of carbonyl (C=O) groups excluding carboxylic acids is 2. The van der Waals surface area contributed by atoms with Gasteiger partial charge in [0.25, 0.3) is 0 Å². The average Bonchev–Trinajstić information content (AvgIpc) is 3.25. The van der Waals surface area contributed by atoms with E-state index in [-0.39, 0.29) is 5.52 Å². The summed E-state index contributed by atoms with van der Waals surface area (Å²) in [6, 6.07) is 0. The number of hydrogen-bond donors (Lipinski definition) is 1. The Morgan fingerprint density at radius 2 is 1.81 bits per heavy atom. The van der Waals surface area contributed by atoms with Crippen molar-refractivity contribution in [2.75, 3.05) is 12.8 Å². The quantitative estimate of drug-likeness (QED) is 0.403. The van der Waals surface area contributed by atoms with Crippen molar-refractivity contribution in [2.24, 2.45) is 0 Å². The molecule has 18 heteroatoms. The lowest BCUT2D eigenvalue weighted by Crippen LogP contribution is -2.43. The molecule has 0 spiro atoms. The number of fused-ring (bicyclic) bond motifs is 1. The van der Waals surface area contributed by atoms with Crippen LogP contribution < -0.4 is 16.2 Å². The van der Waals surface area contributed by atoms with E-state index in [1.54, 1.807) is 0 Å². The number of esters is 2. The summed E-state index contributed by atoms with van der Waals surface area (Å²) in [5, 5.41) is 0. The molecule has 0 amide bonds. The minimum absolute atomic E-state index is 0.355. The third-order valence-electron chi connectivity index (χ3n) is 5.22. The molecule has 1 aliphatic heterocycles. The average molecular weight is 545 g/mol. The molecule has 2 aromatic heterocycles. The van der Waals surface area contributed by atoms with Crippen molar-refractivity contribution < 1.29 is 54.9 Å². The van der Waals surface area contributed by atoms with Gasteiger partial charge in [0.1, 0.15) is 12.2 Å². The van der Waals surface area contributed by atoms with Gasteiger partial charge in [0.05, 0.1) is 13.5 Å². The molecule has 1 saturated heterocycles. The van der Waals surface area contributed by atoms with Crippen LogP contribution in [0.4, 0.5) is 32.3 Å². The van der Waals surface area contributed by atoms with E-state index in [0.29, 0.717) is 9.13 Å². The second-order valence-electron chi connectivity index (χ2n) is 7.95. The smallest absolute Gasteiger partial charge is 0.428 e. The molecule has 0 aromatic carbocycles. The number of carbonyl (C=O) groups is 2. The summed E-state index contributed by atoms with van der Waals surface area (Å²) >= 11 is 0. The minimum atomic E-state index is -5.12. The molecule has 2 aromatic rings. The highest BCUT2D eigenvalue weighted by Crippen LogP contribution is 2.40.